The van der Waals surface area contributed by atoms with Crippen molar-refractivity contribution in [2.24, 2.45) is 5.41 Å². The van der Waals surface area contributed by atoms with Gasteiger partial charge in [-0.25, -0.2) is 0 Å². The second kappa shape index (κ2) is 5.44. The lowest BCUT2D eigenvalue weighted by molar-refractivity contribution is 0.273. The predicted molar refractivity (Wildman–Crippen MR) is 81.0 cm³/mol. The molecule has 1 rings (SSSR count). The number of benzene rings is 1. The zero-order valence-corrected chi connectivity index (χ0v) is 13.1. The lowest BCUT2D eigenvalue weighted by Crippen LogP contribution is -2.34. The summed E-state index contributed by atoms with van der Waals surface area (Å²) in [6.45, 7) is 17.0. The van der Waals surface area contributed by atoms with Crippen LogP contribution in [0.15, 0.2) is 24.3 Å². The minimum Gasteiger partial charge on any atom is -0.310 e. The minimum absolute atomic E-state index is 0.190. The van der Waals surface area contributed by atoms with E-state index in [4.69, 9.17) is 0 Å². The average molecular weight is 247 g/mol. The molecule has 0 radical (unpaired) electrons. The van der Waals surface area contributed by atoms with Crippen molar-refractivity contribution < 1.29 is 0 Å². The normalized spacial score (nSPS) is 14.6. The predicted octanol–water partition coefficient (Wildman–Crippen LogP) is 4.68. The van der Waals surface area contributed by atoms with E-state index in [0.29, 0.717) is 6.04 Å². The van der Waals surface area contributed by atoms with E-state index in [9.17, 15) is 0 Å². The Hall–Kier alpha value is -0.820. The standard InChI is InChI=1S/C17H29N/c1-8-18-15(17(5,6)7)13-11-9-10-12-14(13)16(2,3)4/h9-12,15,18H,8H2,1-7H3. The van der Waals surface area contributed by atoms with E-state index < -0.39 is 0 Å². The van der Waals surface area contributed by atoms with Crippen LogP contribution in [0.1, 0.15) is 65.6 Å². The van der Waals surface area contributed by atoms with Crippen molar-refractivity contribution in [2.75, 3.05) is 6.54 Å². The van der Waals surface area contributed by atoms with E-state index >= 15 is 0 Å². The van der Waals surface area contributed by atoms with Gasteiger partial charge < -0.3 is 5.32 Å². The number of hydrogen-bond donors (Lipinski definition) is 1. The van der Waals surface area contributed by atoms with E-state index in [1.807, 2.05) is 0 Å². The molecule has 0 aliphatic rings. The van der Waals surface area contributed by atoms with E-state index in [-0.39, 0.29) is 10.8 Å². The Kier molecular flexibility index (Phi) is 4.61. The number of nitrogens with one attached hydrogen (secondary N) is 1. The van der Waals surface area contributed by atoms with E-state index in [2.05, 4.69) is 78.0 Å². The third kappa shape index (κ3) is 3.58. The lowest BCUT2D eigenvalue weighted by atomic mass is 9.75. The second-order valence-corrected chi connectivity index (χ2v) is 7.19. The number of hydrogen-bond acceptors (Lipinski definition) is 1. The first-order valence-electron chi connectivity index (χ1n) is 7.00. The Bertz CT molecular complexity index is 379. The Balaban J connectivity index is 3.29. The van der Waals surface area contributed by atoms with Gasteiger partial charge in [-0.1, -0.05) is 72.7 Å². The Morgan fingerprint density at radius 3 is 2.00 bits per heavy atom. The van der Waals surface area contributed by atoms with Crippen LogP contribution in [0.3, 0.4) is 0 Å². The first-order chi connectivity index (χ1) is 8.18. The van der Waals surface area contributed by atoms with Gasteiger partial charge in [-0.3, -0.25) is 0 Å². The molecule has 1 aromatic rings. The van der Waals surface area contributed by atoms with Gasteiger partial charge in [-0.05, 0) is 28.5 Å². The minimum atomic E-state index is 0.190. The molecule has 1 N–H and O–H groups in total. The van der Waals surface area contributed by atoms with E-state index in [1.165, 1.54) is 11.1 Å². The molecule has 1 atom stereocenters. The molecule has 102 valence electrons. The highest BCUT2D eigenvalue weighted by Gasteiger charge is 2.29. The van der Waals surface area contributed by atoms with Crippen molar-refractivity contribution in [1.82, 2.24) is 5.32 Å². The summed E-state index contributed by atoms with van der Waals surface area (Å²) in [4.78, 5) is 0. The Morgan fingerprint density at radius 1 is 1.00 bits per heavy atom. The maximum Gasteiger partial charge on any atom is 0.0372 e. The quantitative estimate of drug-likeness (QED) is 0.817. The zero-order chi connectivity index (χ0) is 14.0. The van der Waals surface area contributed by atoms with Crippen LogP contribution in [0.2, 0.25) is 0 Å². The fourth-order valence-corrected chi connectivity index (χ4v) is 2.52. The third-order valence-corrected chi connectivity index (χ3v) is 3.35. The van der Waals surface area contributed by atoms with Crippen molar-refractivity contribution in [3.63, 3.8) is 0 Å². The smallest absolute Gasteiger partial charge is 0.0372 e. The molecule has 1 heteroatoms. The fourth-order valence-electron chi connectivity index (χ4n) is 2.52. The van der Waals surface area contributed by atoms with Gasteiger partial charge in [0, 0.05) is 6.04 Å². The molecule has 0 amide bonds. The summed E-state index contributed by atoms with van der Waals surface area (Å²) in [5, 5.41) is 3.65. The van der Waals surface area contributed by atoms with Gasteiger partial charge in [-0.15, -0.1) is 0 Å². The monoisotopic (exact) mass is 247 g/mol. The molecule has 0 aromatic heterocycles. The molecular weight excluding hydrogens is 218 g/mol. The topological polar surface area (TPSA) is 12.0 Å². The van der Waals surface area contributed by atoms with Crippen molar-refractivity contribution in [2.45, 2.75) is 59.9 Å². The first-order valence-corrected chi connectivity index (χ1v) is 7.00. The highest BCUT2D eigenvalue weighted by Crippen LogP contribution is 2.38. The molecule has 1 aromatic carbocycles. The maximum absolute atomic E-state index is 3.65. The van der Waals surface area contributed by atoms with Crippen LogP contribution in [0.5, 0.6) is 0 Å². The molecule has 1 nitrogen and oxygen atoms in total. The molecule has 0 spiro atoms. The molecule has 18 heavy (non-hydrogen) atoms. The van der Waals surface area contributed by atoms with Crippen LogP contribution in [-0.2, 0) is 5.41 Å². The molecule has 0 aliphatic carbocycles. The maximum atomic E-state index is 3.65. The summed E-state index contributed by atoms with van der Waals surface area (Å²) in [6, 6.07) is 9.25. The van der Waals surface area contributed by atoms with Crippen LogP contribution in [0.4, 0.5) is 0 Å². The molecule has 0 heterocycles. The molecule has 0 bridgehead atoms. The molecular formula is C17H29N. The van der Waals surface area contributed by atoms with Crippen LogP contribution in [-0.4, -0.2) is 6.54 Å². The lowest BCUT2D eigenvalue weighted by Gasteiger charge is -2.35. The van der Waals surface area contributed by atoms with Crippen molar-refractivity contribution >= 4 is 0 Å². The van der Waals surface area contributed by atoms with Crippen LogP contribution < -0.4 is 5.32 Å². The molecule has 0 fully saturated rings. The summed E-state index contributed by atoms with van der Waals surface area (Å²) < 4.78 is 0. The fraction of sp³-hybridized carbons (Fsp3) is 0.647. The van der Waals surface area contributed by atoms with Gasteiger partial charge in [0.05, 0.1) is 0 Å². The largest absolute Gasteiger partial charge is 0.310 e. The van der Waals surface area contributed by atoms with Gasteiger partial charge in [0.25, 0.3) is 0 Å². The van der Waals surface area contributed by atoms with E-state index in [1.54, 1.807) is 0 Å². The van der Waals surface area contributed by atoms with Crippen molar-refractivity contribution in [3.05, 3.63) is 35.4 Å². The zero-order valence-electron chi connectivity index (χ0n) is 13.1. The van der Waals surface area contributed by atoms with Crippen molar-refractivity contribution in [1.29, 1.82) is 0 Å². The summed E-state index contributed by atoms with van der Waals surface area (Å²) in [6.07, 6.45) is 0. The van der Waals surface area contributed by atoms with Crippen LogP contribution >= 0.6 is 0 Å². The Morgan fingerprint density at radius 2 is 1.56 bits per heavy atom. The van der Waals surface area contributed by atoms with Gasteiger partial charge in [-0.2, -0.15) is 0 Å². The molecule has 0 saturated carbocycles. The SMILES string of the molecule is CCNC(c1ccccc1C(C)(C)C)C(C)(C)C. The number of rotatable bonds is 3. The summed E-state index contributed by atoms with van der Waals surface area (Å²) >= 11 is 0. The van der Waals surface area contributed by atoms with Crippen molar-refractivity contribution in [3.8, 4) is 0 Å². The average Bonchev–Trinajstić information content (AvgIpc) is 2.23. The summed E-state index contributed by atoms with van der Waals surface area (Å²) in [7, 11) is 0. The molecule has 0 aliphatic heterocycles. The first kappa shape index (κ1) is 15.2. The van der Waals surface area contributed by atoms with Gasteiger partial charge in [0.15, 0.2) is 0 Å². The van der Waals surface area contributed by atoms with Crippen LogP contribution in [0.25, 0.3) is 0 Å². The van der Waals surface area contributed by atoms with Gasteiger partial charge in [0.2, 0.25) is 0 Å². The molecule has 1 unspecified atom stereocenters. The van der Waals surface area contributed by atoms with Crippen LogP contribution in [0, 0.1) is 5.41 Å². The van der Waals surface area contributed by atoms with Gasteiger partial charge in [0.1, 0.15) is 0 Å². The van der Waals surface area contributed by atoms with Gasteiger partial charge >= 0.3 is 0 Å². The highest BCUT2D eigenvalue weighted by molar-refractivity contribution is 5.36. The van der Waals surface area contributed by atoms with E-state index in [0.717, 1.165) is 6.54 Å². The Labute approximate surface area is 113 Å². The summed E-state index contributed by atoms with van der Waals surface area (Å²) in [5.41, 5.74) is 3.30. The second-order valence-electron chi connectivity index (χ2n) is 7.19. The third-order valence-electron chi connectivity index (χ3n) is 3.35. The summed E-state index contributed by atoms with van der Waals surface area (Å²) in [5.74, 6) is 0. The highest BCUT2D eigenvalue weighted by atomic mass is 14.9. The molecule has 0 saturated heterocycles.